The highest BCUT2D eigenvalue weighted by molar-refractivity contribution is 6.14. The molecule has 206 valence electrons. The first-order valence-corrected chi connectivity index (χ1v) is 13.8. The molecule has 6 aromatic rings. The highest BCUT2D eigenvalue weighted by Gasteiger charge is 2.21. The van der Waals surface area contributed by atoms with Gasteiger partial charge in [0, 0.05) is 61.2 Å². The molecule has 41 heavy (non-hydrogen) atoms. The zero-order chi connectivity index (χ0) is 27.6. The van der Waals surface area contributed by atoms with Crippen molar-refractivity contribution in [3.8, 4) is 16.9 Å². The second-order valence-corrected chi connectivity index (χ2v) is 10.0. The molecule has 1 fully saturated rings. The van der Waals surface area contributed by atoms with Crippen molar-refractivity contribution in [3.63, 3.8) is 0 Å². The first-order valence-electron chi connectivity index (χ1n) is 13.8. The average Bonchev–Trinajstić information content (AvgIpc) is 3.42. The van der Waals surface area contributed by atoms with Gasteiger partial charge < -0.3 is 28.5 Å². The van der Waals surface area contributed by atoms with Gasteiger partial charge in [-0.25, -0.2) is 0 Å². The first kappa shape index (κ1) is 25.3. The van der Waals surface area contributed by atoms with Gasteiger partial charge in [0.05, 0.1) is 24.0 Å². The molecule has 0 spiro atoms. The summed E-state index contributed by atoms with van der Waals surface area (Å²) in [6.45, 7) is 4.47. The van der Waals surface area contributed by atoms with E-state index in [-0.39, 0.29) is 5.43 Å². The second-order valence-electron chi connectivity index (χ2n) is 10.0. The van der Waals surface area contributed by atoms with Crippen molar-refractivity contribution < 1.29 is 18.3 Å². The van der Waals surface area contributed by atoms with Crippen molar-refractivity contribution in [1.82, 2.24) is 10.3 Å². The zero-order valence-electron chi connectivity index (χ0n) is 22.5. The fourth-order valence-electron chi connectivity index (χ4n) is 5.41. The van der Waals surface area contributed by atoms with E-state index in [1.807, 2.05) is 60.7 Å². The van der Waals surface area contributed by atoms with E-state index in [0.717, 1.165) is 39.8 Å². The number of nitrogens with one attached hydrogen (secondary N) is 1. The SMILES string of the molecule is O=c1cc(N2CCOCC2)oc2c(-c3ccc(OCCNCc4ccncc4)c4c3oc3ccccc34)cccc12. The second kappa shape index (κ2) is 11.1. The number of furan rings is 1. The summed E-state index contributed by atoms with van der Waals surface area (Å²) in [5.74, 6) is 1.30. The minimum Gasteiger partial charge on any atom is -0.491 e. The highest BCUT2D eigenvalue weighted by Crippen LogP contribution is 2.43. The Bertz CT molecular complexity index is 1890. The van der Waals surface area contributed by atoms with Gasteiger partial charge in [-0.1, -0.05) is 30.3 Å². The number of nitrogens with zero attached hydrogens (tertiary/aromatic N) is 2. The largest absolute Gasteiger partial charge is 0.491 e. The molecule has 8 heteroatoms. The molecular weight excluding hydrogens is 518 g/mol. The van der Waals surface area contributed by atoms with Crippen LogP contribution < -0.4 is 20.4 Å². The minimum absolute atomic E-state index is 0.0744. The van der Waals surface area contributed by atoms with Crippen molar-refractivity contribution in [2.75, 3.05) is 44.4 Å². The molecule has 8 nitrogen and oxygen atoms in total. The fourth-order valence-corrected chi connectivity index (χ4v) is 5.41. The Morgan fingerprint density at radius 1 is 0.854 bits per heavy atom. The van der Waals surface area contributed by atoms with Crippen molar-refractivity contribution in [1.29, 1.82) is 0 Å². The molecule has 0 bridgehead atoms. The number of ether oxygens (including phenoxy) is 2. The summed E-state index contributed by atoms with van der Waals surface area (Å²) in [7, 11) is 0. The molecule has 7 rings (SSSR count). The molecular formula is C33H29N3O5. The third-order valence-electron chi connectivity index (χ3n) is 7.46. The lowest BCUT2D eigenvalue weighted by atomic mass is 9.99. The Balaban J connectivity index is 1.27. The molecule has 1 aliphatic rings. The quantitative estimate of drug-likeness (QED) is 0.241. The maximum atomic E-state index is 13.2. The van der Waals surface area contributed by atoms with Gasteiger partial charge in [-0.2, -0.15) is 0 Å². The molecule has 4 heterocycles. The van der Waals surface area contributed by atoms with E-state index >= 15 is 0 Å². The first-order chi connectivity index (χ1) is 20.3. The summed E-state index contributed by atoms with van der Waals surface area (Å²) in [4.78, 5) is 19.3. The molecule has 0 amide bonds. The van der Waals surface area contributed by atoms with Gasteiger partial charge in [-0.3, -0.25) is 9.78 Å². The van der Waals surface area contributed by atoms with Gasteiger partial charge in [0.1, 0.15) is 29.1 Å². The van der Waals surface area contributed by atoms with E-state index < -0.39 is 0 Å². The van der Waals surface area contributed by atoms with Crippen LogP contribution in [0.5, 0.6) is 5.75 Å². The van der Waals surface area contributed by atoms with E-state index in [0.29, 0.717) is 61.9 Å². The Morgan fingerprint density at radius 3 is 2.54 bits per heavy atom. The van der Waals surface area contributed by atoms with Crippen LogP contribution in [0.4, 0.5) is 5.88 Å². The summed E-state index contributed by atoms with van der Waals surface area (Å²) >= 11 is 0. The maximum Gasteiger partial charge on any atom is 0.200 e. The number of morpholine rings is 1. The van der Waals surface area contributed by atoms with Crippen molar-refractivity contribution in [2.24, 2.45) is 0 Å². The van der Waals surface area contributed by atoms with E-state index in [9.17, 15) is 4.79 Å². The molecule has 0 unspecified atom stereocenters. The lowest BCUT2D eigenvalue weighted by Crippen LogP contribution is -2.36. The molecule has 3 aromatic carbocycles. The summed E-state index contributed by atoms with van der Waals surface area (Å²) in [5.41, 5.74) is 4.74. The van der Waals surface area contributed by atoms with Crippen LogP contribution in [0.3, 0.4) is 0 Å². The molecule has 1 aliphatic heterocycles. The summed E-state index contributed by atoms with van der Waals surface area (Å²) < 4.78 is 24.7. The Hall–Kier alpha value is -4.66. The predicted octanol–water partition coefficient (Wildman–Crippen LogP) is 5.76. The van der Waals surface area contributed by atoms with Crippen molar-refractivity contribution in [2.45, 2.75) is 6.54 Å². The van der Waals surface area contributed by atoms with Crippen LogP contribution in [-0.4, -0.2) is 44.4 Å². The molecule has 0 radical (unpaired) electrons. The van der Waals surface area contributed by atoms with E-state index in [2.05, 4.69) is 15.2 Å². The van der Waals surface area contributed by atoms with Gasteiger partial charge >= 0.3 is 0 Å². The number of aromatic nitrogens is 1. The van der Waals surface area contributed by atoms with Crippen LogP contribution in [-0.2, 0) is 11.3 Å². The number of para-hydroxylation sites is 2. The van der Waals surface area contributed by atoms with E-state index in [1.165, 1.54) is 5.56 Å². The topological polar surface area (TPSA) is 90.0 Å². The number of hydrogen-bond acceptors (Lipinski definition) is 8. The Labute approximate surface area is 236 Å². The summed E-state index contributed by atoms with van der Waals surface area (Å²) in [6.07, 6.45) is 3.58. The lowest BCUT2D eigenvalue weighted by Gasteiger charge is -2.27. The van der Waals surface area contributed by atoms with Crippen LogP contribution in [0, 0.1) is 0 Å². The summed E-state index contributed by atoms with van der Waals surface area (Å²) in [6, 6.07) is 23.1. The molecule has 0 atom stereocenters. The maximum absolute atomic E-state index is 13.2. The van der Waals surface area contributed by atoms with Crippen LogP contribution in [0.1, 0.15) is 5.56 Å². The fraction of sp³-hybridized carbons (Fsp3) is 0.212. The number of fused-ring (bicyclic) bond motifs is 4. The number of benzene rings is 3. The molecule has 3 aromatic heterocycles. The zero-order valence-corrected chi connectivity index (χ0v) is 22.5. The number of pyridine rings is 1. The van der Waals surface area contributed by atoms with Crippen LogP contribution in [0.15, 0.2) is 98.8 Å². The monoisotopic (exact) mass is 547 g/mol. The molecule has 0 saturated carbocycles. The van der Waals surface area contributed by atoms with E-state index in [1.54, 1.807) is 24.5 Å². The lowest BCUT2D eigenvalue weighted by molar-refractivity contribution is 0.121. The highest BCUT2D eigenvalue weighted by atomic mass is 16.5. The van der Waals surface area contributed by atoms with Crippen LogP contribution >= 0.6 is 0 Å². The number of rotatable bonds is 8. The van der Waals surface area contributed by atoms with Gasteiger partial charge in [-0.15, -0.1) is 0 Å². The van der Waals surface area contributed by atoms with Gasteiger partial charge in [0.25, 0.3) is 0 Å². The standard InChI is InChI=1S/C33H29N3O5/c37-27-20-30(36-15-18-38-19-16-36)41-32-23(5-3-6-25(27)32)24-8-9-29(31-26-4-1-2-7-28(26)40-33(24)31)39-17-14-35-21-22-10-12-34-13-11-22/h1-13,20,35H,14-19,21H2. The van der Waals surface area contributed by atoms with Crippen molar-refractivity contribution in [3.05, 3.63) is 101 Å². The third-order valence-corrected chi connectivity index (χ3v) is 7.46. The average molecular weight is 548 g/mol. The number of hydrogen-bond donors (Lipinski definition) is 1. The molecule has 1 N–H and O–H groups in total. The van der Waals surface area contributed by atoms with E-state index in [4.69, 9.17) is 18.3 Å². The van der Waals surface area contributed by atoms with Crippen LogP contribution in [0.25, 0.3) is 44.0 Å². The molecule has 0 aliphatic carbocycles. The summed E-state index contributed by atoms with van der Waals surface area (Å²) in [5, 5.41) is 5.82. The smallest absolute Gasteiger partial charge is 0.200 e. The third kappa shape index (κ3) is 4.92. The Kier molecular flexibility index (Phi) is 6.84. The van der Waals surface area contributed by atoms with Gasteiger partial charge in [0.2, 0.25) is 0 Å². The number of anilines is 1. The van der Waals surface area contributed by atoms with Gasteiger partial charge in [-0.05, 0) is 42.0 Å². The predicted molar refractivity (Wildman–Crippen MR) is 160 cm³/mol. The molecule has 1 saturated heterocycles. The normalized spacial score (nSPS) is 13.8. The Morgan fingerprint density at radius 2 is 1.66 bits per heavy atom. The van der Waals surface area contributed by atoms with Crippen molar-refractivity contribution >= 4 is 38.8 Å². The van der Waals surface area contributed by atoms with Crippen LogP contribution in [0.2, 0.25) is 0 Å². The minimum atomic E-state index is -0.0744. The van der Waals surface area contributed by atoms with Gasteiger partial charge in [0.15, 0.2) is 11.3 Å².